The van der Waals surface area contributed by atoms with Crippen LogP contribution >= 0.6 is 11.6 Å². The number of nitrogens with two attached hydrogens (primary N) is 3. The number of nitrogens with zero attached hydrogens (tertiary/aromatic N) is 6. The average molecular weight is 1730 g/mol. The van der Waals surface area contributed by atoms with Crippen molar-refractivity contribution in [3.8, 4) is 0 Å². The highest BCUT2D eigenvalue weighted by molar-refractivity contribution is 6.30. The van der Waals surface area contributed by atoms with Crippen LogP contribution in [0.4, 0.5) is 35.2 Å². The molecule has 3 aromatic heterocycles. The predicted molar refractivity (Wildman–Crippen MR) is 467 cm³/mol. The van der Waals surface area contributed by atoms with Crippen molar-refractivity contribution in [1.29, 1.82) is 0 Å². The molecular formula is C85H112ClN25O13. The molecule has 0 bridgehead atoms. The van der Waals surface area contributed by atoms with E-state index in [0.29, 0.717) is 76.4 Å². The summed E-state index contributed by atoms with van der Waals surface area (Å²) in [6.07, 6.45) is 3.18. The second-order valence-electron chi connectivity index (χ2n) is 31.2. The minimum absolute atomic E-state index is 0.0101. The molecule has 662 valence electrons. The average Bonchev–Trinajstić information content (AvgIpc) is 1.84. The second kappa shape index (κ2) is 47.3. The largest absolute Gasteiger partial charge is 0.394 e. The van der Waals surface area contributed by atoms with Gasteiger partial charge in [-0.3, -0.25) is 62.5 Å². The van der Waals surface area contributed by atoms with Gasteiger partial charge in [0.25, 0.3) is 0 Å². The molecule has 1 saturated heterocycles. The summed E-state index contributed by atoms with van der Waals surface area (Å²) < 4.78 is 0. The molecule has 10 atom stereocenters. The van der Waals surface area contributed by atoms with E-state index in [4.69, 9.17) is 28.8 Å². The van der Waals surface area contributed by atoms with Crippen molar-refractivity contribution >= 4 is 128 Å². The van der Waals surface area contributed by atoms with Gasteiger partial charge in [-0.2, -0.15) is 9.97 Å². The molecule has 1 aliphatic heterocycles. The number of likely N-dealkylation sites (tertiary alicyclic amines) is 1. The molecule has 124 heavy (non-hydrogen) atoms. The van der Waals surface area contributed by atoms with Gasteiger partial charge in [0.2, 0.25) is 94.7 Å². The first-order valence-electron chi connectivity index (χ1n) is 41.2. The summed E-state index contributed by atoms with van der Waals surface area (Å²) in [5.74, 6) is -8.51. The second-order valence-corrected chi connectivity index (χ2v) is 31.6. The zero-order valence-electron chi connectivity index (χ0n) is 70.1. The lowest BCUT2D eigenvalue weighted by atomic mass is 9.99. The van der Waals surface area contributed by atoms with Crippen molar-refractivity contribution in [3.05, 3.63) is 173 Å². The molecule has 0 saturated carbocycles. The summed E-state index contributed by atoms with van der Waals surface area (Å²) in [6, 6.07) is 22.8. The Labute approximate surface area is 722 Å². The van der Waals surface area contributed by atoms with Crippen molar-refractivity contribution in [2.24, 2.45) is 11.7 Å². The van der Waals surface area contributed by atoms with Crippen LogP contribution in [0.1, 0.15) is 121 Å². The molecule has 0 radical (unpaired) electrons. The number of carbonyl (C=O) groups excluding carboxylic acids is 12. The number of pyridine rings is 1. The van der Waals surface area contributed by atoms with Crippen molar-refractivity contribution in [2.75, 3.05) is 65.5 Å². The molecule has 38 nitrogen and oxygen atoms in total. The fraction of sp³-hybridized carbons (Fsp3) is 0.424. The topological polar surface area (TPSA) is 571 Å². The van der Waals surface area contributed by atoms with Gasteiger partial charge in [-0.1, -0.05) is 124 Å². The summed E-state index contributed by atoms with van der Waals surface area (Å²) in [5, 5.41) is 65.8. The van der Waals surface area contributed by atoms with Crippen molar-refractivity contribution < 1.29 is 62.6 Å². The van der Waals surface area contributed by atoms with E-state index in [-0.39, 0.29) is 113 Å². The summed E-state index contributed by atoms with van der Waals surface area (Å²) in [4.78, 5) is 187. The van der Waals surface area contributed by atoms with Crippen molar-refractivity contribution in [1.82, 2.24) is 93.4 Å². The number of rotatable bonds is 47. The summed E-state index contributed by atoms with van der Waals surface area (Å²) >= 11 is 6.29. The molecule has 39 heteroatoms. The summed E-state index contributed by atoms with van der Waals surface area (Å²) in [7, 11) is 0. The molecule has 0 aliphatic carbocycles. The Morgan fingerprint density at radius 2 is 0.960 bits per heavy atom. The minimum atomic E-state index is -1.89. The zero-order valence-corrected chi connectivity index (χ0v) is 70.8. The highest BCUT2D eigenvalue weighted by Gasteiger charge is 2.40. The van der Waals surface area contributed by atoms with Crippen LogP contribution in [0.5, 0.6) is 0 Å². The third-order valence-electron chi connectivity index (χ3n) is 20.1. The molecule has 4 heterocycles. The maximum absolute atomic E-state index is 15.6. The first kappa shape index (κ1) is 94.6. The fourth-order valence-electron chi connectivity index (χ4n) is 13.9. The Morgan fingerprint density at radius 3 is 1.43 bits per heavy atom. The number of nitrogens with one attached hydrogen (secondary N) is 16. The molecule has 1 aliphatic rings. The Hall–Kier alpha value is -13.2. The summed E-state index contributed by atoms with van der Waals surface area (Å²) in [5.41, 5.74) is 20.4. The van der Waals surface area contributed by atoms with Gasteiger partial charge in [-0.05, 0) is 139 Å². The van der Waals surface area contributed by atoms with E-state index < -0.39 is 138 Å². The number of nitrogen functional groups attached to an aromatic ring is 2. The third-order valence-corrected chi connectivity index (χ3v) is 20.3. The minimum Gasteiger partial charge on any atom is -0.394 e. The monoisotopic (exact) mass is 1730 g/mol. The van der Waals surface area contributed by atoms with Crippen molar-refractivity contribution in [3.63, 3.8) is 0 Å². The number of aromatic nitrogens is 7. The first-order valence-corrected chi connectivity index (χ1v) is 41.6. The molecule has 23 N–H and O–H groups in total. The van der Waals surface area contributed by atoms with E-state index in [1.54, 1.807) is 91.9 Å². The Balaban J connectivity index is 1.01. The number of unbranched alkanes of at least 4 members (excludes halogenated alkanes) is 1. The molecular weight excluding hydrogens is 1610 g/mol. The van der Waals surface area contributed by atoms with Gasteiger partial charge in [-0.25, -0.2) is 10.2 Å². The standard InChI is InChI=1S/C85H112ClN25O13/c1-48(2)39-63(73(116)98-62(16-9-10-35-91-49(3)4)81(124)111-38-12-17-70(111)80(123)94-50(5)87)99-75(118)66(42-53-21-28-60(29-22-53)96-71(114)32-36-92-84-105-82(88)107-109-84)101-77(120)67(43-54-23-30-61(31-24-54)97-72(115)33-37-93-85-106-83(89)108-110-85)103-79(122)69(47-112)104-78(121)68(45-56-13-11-34-90-46-56)102-76(119)65(41-52-19-26-59(86)27-20-52)100-74(117)64(95-51(6)113)44-55-18-25-57-14-7-8-15-58(57)40-55/h7-8,11,13-15,18-31,34,40,46,48-50,62-70,91,112H,9-10,12,16-17,32-33,35-39,41-45,47,87H2,1-6H3,(H,94,123)(H,95,113)(H,96,114)(H,97,115)(H,98,116)(H,99,118)(H,100,117)(H,101,120)(H,102,119)(H,103,122)(H,104,121)(H4,88,92,105,107,109)(H4,89,93,106,108,110)/t50-,62+,63+,64-,65-,66-,67+,68-,69+,70+/m1/s1. The lowest BCUT2D eigenvalue weighted by Crippen LogP contribution is -2.62. The maximum atomic E-state index is 15.6. The number of aromatic amines is 2. The number of aliphatic hydroxyl groups excluding tert-OH is 1. The van der Waals surface area contributed by atoms with Crippen LogP contribution in [0.15, 0.2) is 140 Å². The number of amides is 12. The Bertz CT molecular complexity index is 4920. The van der Waals surface area contributed by atoms with E-state index in [1.165, 1.54) is 24.2 Å². The highest BCUT2D eigenvalue weighted by Crippen LogP contribution is 2.24. The molecule has 8 aromatic rings. The van der Waals surface area contributed by atoms with E-state index in [1.807, 2.05) is 70.2 Å². The third kappa shape index (κ3) is 30.7. The summed E-state index contributed by atoms with van der Waals surface area (Å²) in [6.45, 7) is 10.5. The van der Waals surface area contributed by atoms with Crippen molar-refractivity contribution in [2.45, 2.75) is 192 Å². The van der Waals surface area contributed by atoms with Crippen LogP contribution in [0.2, 0.25) is 5.02 Å². The zero-order chi connectivity index (χ0) is 89.4. The quantitative estimate of drug-likeness (QED) is 0.0192. The number of benzene rings is 5. The first-order chi connectivity index (χ1) is 59.4. The predicted octanol–water partition coefficient (Wildman–Crippen LogP) is 2.20. The van der Waals surface area contributed by atoms with Crippen LogP contribution in [-0.4, -0.2) is 216 Å². The van der Waals surface area contributed by atoms with Crippen LogP contribution in [0, 0.1) is 5.92 Å². The van der Waals surface area contributed by atoms with Crippen LogP contribution < -0.4 is 91.6 Å². The van der Waals surface area contributed by atoms with E-state index >= 15 is 28.8 Å². The van der Waals surface area contributed by atoms with Crippen LogP contribution in [0.25, 0.3) is 10.8 Å². The normalized spacial score (nSPS) is 14.6. The van der Waals surface area contributed by atoms with E-state index in [0.717, 1.165) is 10.8 Å². The molecule has 12 amide bonds. The number of aliphatic hydroxyl groups is 1. The van der Waals surface area contributed by atoms with Gasteiger partial charge in [-0.15, -0.1) is 10.2 Å². The number of hydrogen-bond acceptors (Lipinski definition) is 24. The van der Waals surface area contributed by atoms with Gasteiger partial charge in [0.05, 0.1) is 12.8 Å². The van der Waals surface area contributed by atoms with Gasteiger partial charge in [0.15, 0.2) is 0 Å². The van der Waals surface area contributed by atoms with Gasteiger partial charge >= 0.3 is 0 Å². The van der Waals surface area contributed by atoms with Gasteiger partial charge in [0, 0.05) is 106 Å². The lowest BCUT2D eigenvalue weighted by molar-refractivity contribution is -0.142. The van der Waals surface area contributed by atoms with Gasteiger partial charge in [0.1, 0.15) is 54.4 Å². The van der Waals surface area contributed by atoms with Gasteiger partial charge < -0.3 is 102 Å². The van der Waals surface area contributed by atoms with E-state index in [2.05, 4.69) is 110 Å². The van der Waals surface area contributed by atoms with Crippen LogP contribution in [-0.2, 0) is 89.6 Å². The molecule has 1 fully saturated rings. The maximum Gasteiger partial charge on any atom is 0.245 e. The number of fused-ring (bicyclic) bond motifs is 1. The molecule has 0 spiro atoms. The van der Waals surface area contributed by atoms with Crippen LogP contribution in [0.3, 0.4) is 0 Å². The highest BCUT2D eigenvalue weighted by atomic mass is 35.5. The Morgan fingerprint density at radius 1 is 0.508 bits per heavy atom. The smallest absolute Gasteiger partial charge is 0.245 e. The molecule has 5 aromatic carbocycles. The number of anilines is 6. The fourth-order valence-corrected chi connectivity index (χ4v) is 14.0. The number of halogens is 1. The molecule has 9 rings (SSSR count). The number of H-pyrrole nitrogens is 2. The Kier molecular flexibility index (Phi) is 36.1. The lowest BCUT2D eigenvalue weighted by Gasteiger charge is -2.31. The SMILES string of the molecule is CC(=O)N[C@H](Cc1ccc2ccccc2c1)C(=O)N[C@H](Cc1ccc(Cl)cc1)C(=O)N[C@H](Cc1cccnc1)C(=O)N[C@@H](CO)C(=O)N[C@@H](Cc1ccc(NC(=O)CCNc2n[nH]c(N)n2)cc1)C(=O)N[C@H](Cc1ccc(NC(=O)CCNc2n[nH]c(N)n2)cc1)C(=O)N[C@@H](CC(C)C)C(=O)N[C@@H](CCCCNC(C)C)C(=O)N1CCC[C@H]1C(=O)N[C@H](C)N. The molecule has 0 unspecified atom stereocenters. The van der Waals surface area contributed by atoms with E-state index in [9.17, 15) is 33.9 Å². The number of carbonyl (C=O) groups is 12. The number of hydrogen-bond donors (Lipinski definition) is 20.